The van der Waals surface area contributed by atoms with Crippen molar-refractivity contribution in [3.63, 3.8) is 0 Å². The van der Waals surface area contributed by atoms with Crippen LogP contribution in [0.3, 0.4) is 0 Å². The maximum absolute atomic E-state index is 13.9. The molecule has 2 aromatic rings. The van der Waals surface area contributed by atoms with E-state index in [9.17, 15) is 14.1 Å². The highest BCUT2D eigenvalue weighted by Gasteiger charge is 2.17. The number of hydrogen-bond donors (Lipinski definition) is 0. The number of rotatable bonds is 5. The highest BCUT2D eigenvalue weighted by atomic mass is 19.2. The van der Waals surface area contributed by atoms with Crippen LogP contribution in [0.15, 0.2) is 60.7 Å². The van der Waals surface area contributed by atoms with Crippen molar-refractivity contribution in [2.45, 2.75) is 0 Å². The van der Waals surface area contributed by atoms with Gasteiger partial charge in [0.25, 0.3) is 11.8 Å². The number of carbonyl (C=O) groups is 2. The molecule has 114 valence electrons. The van der Waals surface area contributed by atoms with E-state index in [1.807, 2.05) is 6.07 Å². The van der Waals surface area contributed by atoms with E-state index in [0.29, 0.717) is 5.56 Å². The molecule has 2 amide bonds. The highest BCUT2D eigenvalue weighted by molar-refractivity contribution is 5.94. The minimum atomic E-state index is -0.707. The number of carbonyl (C=O) groups excluding carboxylic acids is 2. The third-order valence-corrected chi connectivity index (χ3v) is 3.24. The predicted molar refractivity (Wildman–Crippen MR) is 82.0 cm³/mol. The maximum Gasteiger partial charge on any atom is 0.281 e. The molecule has 0 aliphatic carbocycles. The van der Waals surface area contributed by atoms with E-state index < -0.39 is 5.91 Å². The second kappa shape index (κ2) is 7.36. The molecule has 0 fully saturated rings. The van der Waals surface area contributed by atoms with Crippen molar-refractivity contribution in [2.75, 3.05) is 20.1 Å². The molecular weight excluding hydrogens is 283 g/mol. The molecule has 2 aromatic carbocycles. The van der Waals surface area contributed by atoms with Gasteiger partial charge in [-0.15, -0.1) is 0 Å². The zero-order chi connectivity index (χ0) is 15.9. The van der Waals surface area contributed by atoms with Gasteiger partial charge in [0.1, 0.15) is 0 Å². The smallest absolute Gasteiger partial charge is 0.281 e. The fourth-order valence-electron chi connectivity index (χ4n) is 1.96. The van der Waals surface area contributed by atoms with Crippen molar-refractivity contribution >= 4 is 11.8 Å². The van der Waals surface area contributed by atoms with Gasteiger partial charge in [-0.3, -0.25) is 9.59 Å². The van der Waals surface area contributed by atoms with Crippen LogP contribution in [0, 0.1) is 0 Å². The van der Waals surface area contributed by atoms with Crippen molar-refractivity contribution in [2.24, 2.45) is 0 Å². The SMILES string of the molecule is CN(CCN(F)C(=O)c1ccccc1)C(=O)c1ccccc1. The molecular formula is C17H17FN2O2. The third-order valence-electron chi connectivity index (χ3n) is 3.24. The third kappa shape index (κ3) is 3.91. The van der Waals surface area contributed by atoms with Crippen LogP contribution in [0.2, 0.25) is 0 Å². The van der Waals surface area contributed by atoms with Crippen molar-refractivity contribution in [3.05, 3.63) is 71.8 Å². The van der Waals surface area contributed by atoms with Crippen LogP contribution >= 0.6 is 0 Å². The van der Waals surface area contributed by atoms with Crippen LogP contribution in [0.1, 0.15) is 20.7 Å². The minimum absolute atomic E-state index is 0.114. The molecule has 2 rings (SSSR count). The quantitative estimate of drug-likeness (QED) is 0.797. The van der Waals surface area contributed by atoms with Crippen molar-refractivity contribution in [1.29, 1.82) is 0 Å². The summed E-state index contributed by atoms with van der Waals surface area (Å²) in [5.74, 6) is -0.915. The Morgan fingerprint density at radius 1 is 0.818 bits per heavy atom. The fraction of sp³-hybridized carbons (Fsp3) is 0.176. The van der Waals surface area contributed by atoms with Crippen molar-refractivity contribution < 1.29 is 14.1 Å². The zero-order valence-corrected chi connectivity index (χ0v) is 12.3. The standard InChI is InChI=1S/C17H17FN2O2/c1-19(16(21)14-8-4-2-5-9-14)12-13-20(18)17(22)15-10-6-3-7-11-15/h2-11H,12-13H2,1H3. The summed E-state index contributed by atoms with van der Waals surface area (Å²) in [5, 5.41) is 0.129. The van der Waals surface area contributed by atoms with Gasteiger partial charge < -0.3 is 4.90 Å². The summed E-state index contributed by atoms with van der Waals surface area (Å²) in [6, 6.07) is 16.9. The number of nitrogens with zero attached hydrogens (tertiary/aromatic N) is 2. The summed E-state index contributed by atoms with van der Waals surface area (Å²) in [6.45, 7) is -0.0639. The molecule has 0 unspecified atom stereocenters. The molecule has 0 saturated carbocycles. The Morgan fingerprint density at radius 3 is 1.77 bits per heavy atom. The number of amides is 2. The van der Waals surface area contributed by atoms with E-state index in [1.54, 1.807) is 61.6 Å². The van der Waals surface area contributed by atoms with E-state index in [4.69, 9.17) is 0 Å². The summed E-state index contributed by atoms with van der Waals surface area (Å²) in [7, 11) is 1.58. The lowest BCUT2D eigenvalue weighted by Gasteiger charge is -2.19. The van der Waals surface area contributed by atoms with Crippen LogP contribution in [-0.4, -0.2) is 42.0 Å². The number of likely N-dealkylation sites (N-methyl/N-ethyl adjacent to an activating group) is 1. The van der Waals surface area contributed by atoms with E-state index in [1.165, 1.54) is 4.90 Å². The van der Waals surface area contributed by atoms with Gasteiger partial charge in [0.05, 0.1) is 6.54 Å². The first-order chi connectivity index (χ1) is 10.6. The van der Waals surface area contributed by atoms with Gasteiger partial charge in [0.15, 0.2) is 0 Å². The number of halogens is 1. The Labute approximate surface area is 128 Å². The maximum atomic E-state index is 13.9. The summed E-state index contributed by atoms with van der Waals surface area (Å²) in [5.41, 5.74) is 0.812. The first kappa shape index (κ1) is 15.7. The van der Waals surface area contributed by atoms with Gasteiger partial charge in [0.2, 0.25) is 0 Å². The molecule has 0 radical (unpaired) electrons. The Morgan fingerprint density at radius 2 is 1.27 bits per heavy atom. The Bertz CT molecular complexity index is 574. The fourth-order valence-corrected chi connectivity index (χ4v) is 1.96. The number of hydrogen-bond acceptors (Lipinski definition) is 2. The Kier molecular flexibility index (Phi) is 5.25. The summed E-state index contributed by atoms with van der Waals surface area (Å²) >= 11 is 0. The van der Waals surface area contributed by atoms with Gasteiger partial charge in [0, 0.05) is 24.7 Å². The average molecular weight is 300 g/mol. The molecule has 0 aliphatic rings. The van der Waals surface area contributed by atoms with E-state index in [-0.39, 0.29) is 29.7 Å². The lowest BCUT2D eigenvalue weighted by molar-refractivity contribution is 0.0156. The molecule has 0 bridgehead atoms. The first-order valence-corrected chi connectivity index (χ1v) is 6.93. The molecule has 0 heterocycles. The van der Waals surface area contributed by atoms with E-state index in [0.717, 1.165) is 0 Å². The summed E-state index contributed by atoms with van der Waals surface area (Å²) < 4.78 is 13.9. The van der Waals surface area contributed by atoms with Crippen LogP contribution in [0.4, 0.5) is 4.48 Å². The second-order valence-corrected chi connectivity index (χ2v) is 4.85. The van der Waals surface area contributed by atoms with Gasteiger partial charge in [-0.1, -0.05) is 40.9 Å². The normalized spacial score (nSPS) is 10.1. The second-order valence-electron chi connectivity index (χ2n) is 4.85. The molecule has 0 spiro atoms. The molecule has 4 nitrogen and oxygen atoms in total. The van der Waals surface area contributed by atoms with Crippen molar-refractivity contribution in [3.8, 4) is 0 Å². The lowest BCUT2D eigenvalue weighted by Crippen LogP contribution is -2.35. The van der Waals surface area contributed by atoms with Crippen LogP contribution in [0.25, 0.3) is 0 Å². The molecule has 0 saturated heterocycles. The largest absolute Gasteiger partial charge is 0.340 e. The van der Waals surface area contributed by atoms with E-state index >= 15 is 0 Å². The lowest BCUT2D eigenvalue weighted by atomic mass is 10.2. The van der Waals surface area contributed by atoms with Gasteiger partial charge in [-0.25, -0.2) is 0 Å². The van der Waals surface area contributed by atoms with Crippen LogP contribution in [-0.2, 0) is 0 Å². The molecule has 22 heavy (non-hydrogen) atoms. The molecule has 5 heteroatoms. The molecule has 0 N–H and O–H groups in total. The first-order valence-electron chi connectivity index (χ1n) is 6.93. The Hall–Kier alpha value is -2.69. The van der Waals surface area contributed by atoms with Gasteiger partial charge in [-0.2, -0.15) is 5.12 Å². The van der Waals surface area contributed by atoms with Gasteiger partial charge in [-0.05, 0) is 24.3 Å². The van der Waals surface area contributed by atoms with E-state index in [2.05, 4.69) is 0 Å². The Balaban J connectivity index is 1.89. The predicted octanol–water partition coefficient (Wildman–Crippen LogP) is 2.79. The van der Waals surface area contributed by atoms with Crippen molar-refractivity contribution in [1.82, 2.24) is 10.0 Å². The highest BCUT2D eigenvalue weighted by Crippen LogP contribution is 2.07. The minimum Gasteiger partial charge on any atom is -0.340 e. The monoisotopic (exact) mass is 300 g/mol. The van der Waals surface area contributed by atoms with Gasteiger partial charge >= 0.3 is 0 Å². The molecule has 0 aromatic heterocycles. The number of benzene rings is 2. The van der Waals surface area contributed by atoms with Crippen LogP contribution < -0.4 is 0 Å². The average Bonchev–Trinajstić information content (AvgIpc) is 2.59. The molecule has 0 aliphatic heterocycles. The summed E-state index contributed by atoms with van der Waals surface area (Å²) in [4.78, 5) is 25.3. The summed E-state index contributed by atoms with van der Waals surface area (Å²) in [6.07, 6.45) is 0. The molecule has 0 atom stereocenters. The van der Waals surface area contributed by atoms with Crippen LogP contribution in [0.5, 0.6) is 0 Å². The topological polar surface area (TPSA) is 40.6 Å². The zero-order valence-electron chi connectivity index (χ0n) is 12.3.